The Morgan fingerprint density at radius 2 is 2.13 bits per heavy atom. The highest BCUT2D eigenvalue weighted by atomic mass is 79.9. The number of hydrogen-bond acceptors (Lipinski definition) is 2. The minimum Gasteiger partial charge on any atom is -0.496 e. The van der Waals surface area contributed by atoms with E-state index in [-0.39, 0.29) is 5.56 Å². The lowest BCUT2D eigenvalue weighted by atomic mass is 10.0. The van der Waals surface area contributed by atoms with Gasteiger partial charge in [-0.05, 0) is 47.3 Å². The Bertz CT molecular complexity index is 414. The largest absolute Gasteiger partial charge is 0.496 e. The van der Waals surface area contributed by atoms with Crippen LogP contribution in [0.5, 0.6) is 5.75 Å². The van der Waals surface area contributed by atoms with Crippen molar-refractivity contribution in [3.8, 4) is 5.75 Å². The highest BCUT2D eigenvalue weighted by Crippen LogP contribution is 2.51. The number of rotatable bonds is 2. The minimum atomic E-state index is -1.02. The summed E-state index contributed by atoms with van der Waals surface area (Å²) >= 11 is 3.14. The lowest BCUT2D eigenvalue weighted by Gasteiger charge is -2.17. The van der Waals surface area contributed by atoms with Crippen molar-refractivity contribution in [1.82, 2.24) is 0 Å². The van der Waals surface area contributed by atoms with Crippen LogP contribution in [-0.4, -0.2) is 12.2 Å². The van der Waals surface area contributed by atoms with Crippen LogP contribution < -0.4 is 4.74 Å². The van der Waals surface area contributed by atoms with E-state index >= 15 is 0 Å². The maximum absolute atomic E-state index is 13.9. The average molecular weight is 275 g/mol. The van der Waals surface area contributed by atoms with Crippen LogP contribution >= 0.6 is 15.9 Å². The van der Waals surface area contributed by atoms with Crippen molar-refractivity contribution in [3.63, 3.8) is 0 Å². The lowest BCUT2D eigenvalue weighted by Crippen LogP contribution is -2.11. The topological polar surface area (TPSA) is 29.5 Å². The molecule has 1 aromatic rings. The molecule has 15 heavy (non-hydrogen) atoms. The zero-order valence-electron chi connectivity index (χ0n) is 8.60. The third-order valence-electron chi connectivity index (χ3n) is 2.75. The van der Waals surface area contributed by atoms with Gasteiger partial charge in [-0.3, -0.25) is 0 Å². The molecule has 0 unspecified atom stereocenters. The standard InChI is InChI=1S/C11H12BrFO2/c1-6-5-7(12)9(13)8(10(6)15-2)11(14)3-4-11/h5,14H,3-4H2,1-2H3. The van der Waals surface area contributed by atoms with Gasteiger partial charge >= 0.3 is 0 Å². The minimum absolute atomic E-state index is 0.289. The SMILES string of the molecule is COc1c(C)cc(Br)c(F)c1C1(O)CC1. The molecule has 1 aliphatic carbocycles. The second-order valence-electron chi connectivity index (χ2n) is 3.93. The van der Waals surface area contributed by atoms with E-state index < -0.39 is 11.4 Å². The molecule has 1 aromatic carbocycles. The Kier molecular flexibility index (Phi) is 2.51. The number of halogens is 2. The molecular formula is C11H12BrFO2. The van der Waals surface area contributed by atoms with Crippen LogP contribution in [0.3, 0.4) is 0 Å². The summed E-state index contributed by atoms with van der Waals surface area (Å²) in [7, 11) is 1.49. The van der Waals surface area contributed by atoms with Crippen LogP contribution in [0.2, 0.25) is 0 Å². The number of ether oxygens (including phenoxy) is 1. The molecule has 0 bridgehead atoms. The normalized spacial score (nSPS) is 17.7. The summed E-state index contributed by atoms with van der Waals surface area (Å²) in [4.78, 5) is 0. The Labute approximate surface area is 96.2 Å². The number of aliphatic hydroxyl groups is 1. The zero-order chi connectivity index (χ0) is 11.2. The second-order valence-corrected chi connectivity index (χ2v) is 4.78. The molecule has 0 atom stereocenters. The van der Waals surface area contributed by atoms with E-state index in [2.05, 4.69) is 15.9 Å². The first-order valence-electron chi connectivity index (χ1n) is 4.75. The monoisotopic (exact) mass is 274 g/mol. The first-order chi connectivity index (χ1) is 6.99. The van der Waals surface area contributed by atoms with Gasteiger partial charge in [0.1, 0.15) is 11.6 Å². The zero-order valence-corrected chi connectivity index (χ0v) is 10.2. The summed E-state index contributed by atoms with van der Waals surface area (Å²) in [5.74, 6) is 0.0353. The van der Waals surface area contributed by atoms with Gasteiger partial charge in [0, 0.05) is 0 Å². The molecule has 2 rings (SSSR count). The van der Waals surface area contributed by atoms with Crippen molar-refractivity contribution < 1.29 is 14.2 Å². The van der Waals surface area contributed by atoms with Crippen LogP contribution in [0.15, 0.2) is 10.5 Å². The molecule has 4 heteroatoms. The molecule has 0 aromatic heterocycles. The molecule has 1 aliphatic rings. The maximum Gasteiger partial charge on any atom is 0.147 e. The molecule has 0 radical (unpaired) electrons. The van der Waals surface area contributed by atoms with E-state index in [4.69, 9.17) is 4.74 Å². The van der Waals surface area contributed by atoms with Crippen molar-refractivity contribution >= 4 is 15.9 Å². The van der Waals surface area contributed by atoms with Crippen molar-refractivity contribution in [3.05, 3.63) is 27.5 Å². The van der Waals surface area contributed by atoms with Gasteiger partial charge in [-0.1, -0.05) is 0 Å². The van der Waals surface area contributed by atoms with Crippen molar-refractivity contribution in [1.29, 1.82) is 0 Å². The van der Waals surface area contributed by atoms with Gasteiger partial charge in [0.15, 0.2) is 0 Å². The lowest BCUT2D eigenvalue weighted by molar-refractivity contribution is 0.142. The predicted molar refractivity (Wildman–Crippen MR) is 58.5 cm³/mol. The van der Waals surface area contributed by atoms with E-state index in [1.165, 1.54) is 7.11 Å². The highest BCUT2D eigenvalue weighted by Gasteiger charge is 2.47. The fraction of sp³-hybridized carbons (Fsp3) is 0.455. The van der Waals surface area contributed by atoms with Gasteiger partial charge in [-0.2, -0.15) is 0 Å². The first kappa shape index (κ1) is 10.9. The Morgan fingerprint density at radius 3 is 2.60 bits per heavy atom. The first-order valence-corrected chi connectivity index (χ1v) is 5.54. The third-order valence-corrected chi connectivity index (χ3v) is 3.33. The summed E-state index contributed by atoms with van der Waals surface area (Å²) < 4.78 is 19.4. The average Bonchev–Trinajstić information content (AvgIpc) is 2.90. The van der Waals surface area contributed by atoms with Crippen LogP contribution in [-0.2, 0) is 5.60 Å². The number of methoxy groups -OCH3 is 1. The molecule has 0 amide bonds. The Morgan fingerprint density at radius 1 is 1.53 bits per heavy atom. The molecule has 0 spiro atoms. The fourth-order valence-corrected chi connectivity index (χ4v) is 2.32. The van der Waals surface area contributed by atoms with E-state index in [1.54, 1.807) is 6.07 Å². The quantitative estimate of drug-likeness (QED) is 0.899. The van der Waals surface area contributed by atoms with E-state index in [9.17, 15) is 9.50 Å². The third kappa shape index (κ3) is 1.66. The molecular weight excluding hydrogens is 263 g/mol. The highest BCUT2D eigenvalue weighted by molar-refractivity contribution is 9.10. The van der Waals surface area contributed by atoms with Crippen LogP contribution in [0.1, 0.15) is 24.0 Å². The van der Waals surface area contributed by atoms with E-state index in [0.717, 1.165) is 5.56 Å². The number of benzene rings is 1. The van der Waals surface area contributed by atoms with Gasteiger partial charge in [-0.25, -0.2) is 4.39 Å². The summed E-state index contributed by atoms with van der Waals surface area (Å²) in [6, 6.07) is 1.66. The Balaban J connectivity index is 2.68. The molecule has 0 aliphatic heterocycles. The van der Waals surface area contributed by atoms with E-state index in [0.29, 0.717) is 23.1 Å². The fourth-order valence-electron chi connectivity index (χ4n) is 1.78. The summed E-state index contributed by atoms with van der Waals surface area (Å²) in [6.45, 7) is 1.83. The predicted octanol–water partition coefficient (Wildman–Crippen LogP) is 2.89. The molecule has 0 saturated heterocycles. The maximum atomic E-state index is 13.9. The van der Waals surface area contributed by atoms with Gasteiger partial charge in [-0.15, -0.1) is 0 Å². The van der Waals surface area contributed by atoms with Gasteiger partial charge in [0.05, 0.1) is 22.7 Å². The molecule has 82 valence electrons. The summed E-state index contributed by atoms with van der Waals surface area (Å²) in [5.41, 5.74) is 0.0854. The van der Waals surface area contributed by atoms with Gasteiger partial charge in [0.2, 0.25) is 0 Å². The number of aryl methyl sites for hydroxylation is 1. The Hall–Kier alpha value is -0.610. The van der Waals surface area contributed by atoms with Crippen LogP contribution in [0.25, 0.3) is 0 Å². The molecule has 1 fully saturated rings. The number of hydrogen-bond donors (Lipinski definition) is 1. The van der Waals surface area contributed by atoms with Crippen LogP contribution in [0.4, 0.5) is 4.39 Å². The van der Waals surface area contributed by atoms with Crippen molar-refractivity contribution in [2.75, 3.05) is 7.11 Å². The molecule has 2 nitrogen and oxygen atoms in total. The molecule has 0 heterocycles. The molecule has 1 saturated carbocycles. The van der Waals surface area contributed by atoms with E-state index in [1.807, 2.05) is 6.92 Å². The van der Waals surface area contributed by atoms with Crippen LogP contribution in [0, 0.1) is 12.7 Å². The molecule has 1 N–H and O–H groups in total. The van der Waals surface area contributed by atoms with Crippen molar-refractivity contribution in [2.45, 2.75) is 25.4 Å². The second kappa shape index (κ2) is 3.46. The van der Waals surface area contributed by atoms with Gasteiger partial charge < -0.3 is 9.84 Å². The van der Waals surface area contributed by atoms with Gasteiger partial charge in [0.25, 0.3) is 0 Å². The summed E-state index contributed by atoms with van der Waals surface area (Å²) in [6.07, 6.45) is 1.19. The summed E-state index contributed by atoms with van der Waals surface area (Å²) in [5, 5.41) is 10.0. The van der Waals surface area contributed by atoms with Crippen molar-refractivity contribution in [2.24, 2.45) is 0 Å². The smallest absolute Gasteiger partial charge is 0.147 e.